The van der Waals surface area contributed by atoms with Crippen LogP contribution in [0.3, 0.4) is 0 Å². The van der Waals surface area contributed by atoms with Crippen LogP contribution >= 0.6 is 15.9 Å². The Morgan fingerprint density at radius 2 is 1.74 bits per heavy atom. The lowest BCUT2D eigenvalue weighted by atomic mass is 10.2. The molecule has 0 saturated carbocycles. The largest absolute Gasteiger partial charge is 0.484 e. The number of rotatable bonds is 5. The highest BCUT2D eigenvalue weighted by Gasteiger charge is 2.28. The number of ether oxygens (including phenoxy) is 1. The molecule has 0 aliphatic carbocycles. The van der Waals surface area contributed by atoms with E-state index in [4.69, 9.17) is 0 Å². The average Bonchev–Trinajstić information content (AvgIpc) is 2.46. The summed E-state index contributed by atoms with van der Waals surface area (Å²) in [5.41, 5.74) is 0.425. The third kappa shape index (κ3) is 5.51. The smallest absolute Gasteiger partial charge is 0.422 e. The van der Waals surface area contributed by atoms with Crippen LogP contribution in [0.1, 0.15) is 5.56 Å². The maximum Gasteiger partial charge on any atom is 0.422 e. The molecule has 0 amide bonds. The Labute approximate surface area is 139 Å². The van der Waals surface area contributed by atoms with Crippen molar-refractivity contribution in [2.75, 3.05) is 6.61 Å². The van der Waals surface area contributed by atoms with Crippen LogP contribution in [-0.2, 0) is 15.6 Å². The second-order valence-corrected chi connectivity index (χ2v) is 7.47. The zero-order chi connectivity index (χ0) is 17.1. The van der Waals surface area contributed by atoms with Gasteiger partial charge in [0.05, 0.1) is 5.75 Å². The van der Waals surface area contributed by atoms with Crippen molar-refractivity contribution in [3.63, 3.8) is 0 Å². The quantitative estimate of drug-likeness (QED) is 0.754. The molecule has 0 spiro atoms. The van der Waals surface area contributed by atoms with Crippen molar-refractivity contribution in [3.05, 3.63) is 52.6 Å². The molecule has 0 aliphatic heterocycles. The van der Waals surface area contributed by atoms with E-state index in [1.165, 1.54) is 36.5 Å². The Kier molecular flexibility index (Phi) is 5.30. The predicted molar refractivity (Wildman–Crippen MR) is 80.8 cm³/mol. The van der Waals surface area contributed by atoms with E-state index in [2.05, 4.69) is 25.7 Å². The molecule has 9 heteroatoms. The molecule has 4 nitrogen and oxygen atoms in total. The normalized spacial score (nSPS) is 12.2. The first-order chi connectivity index (χ1) is 10.7. The highest BCUT2D eigenvalue weighted by Crippen LogP contribution is 2.21. The molecule has 0 saturated heterocycles. The number of halogens is 4. The number of pyridine rings is 1. The SMILES string of the molecule is O=S(=O)(Cc1ccc(OCC(F)(F)F)cc1)c1ccc(Br)cn1. The molecule has 2 rings (SSSR count). The molecule has 0 N–H and O–H groups in total. The summed E-state index contributed by atoms with van der Waals surface area (Å²) in [4.78, 5) is 3.84. The first kappa shape index (κ1) is 17.7. The van der Waals surface area contributed by atoms with Crippen LogP contribution in [0.5, 0.6) is 5.75 Å². The zero-order valence-electron chi connectivity index (χ0n) is 11.5. The van der Waals surface area contributed by atoms with Crippen LogP contribution < -0.4 is 4.74 Å². The molecule has 2 aromatic rings. The molecule has 1 aromatic carbocycles. The van der Waals surface area contributed by atoms with Gasteiger partial charge in [-0.1, -0.05) is 12.1 Å². The monoisotopic (exact) mass is 409 g/mol. The zero-order valence-corrected chi connectivity index (χ0v) is 14.0. The van der Waals surface area contributed by atoms with E-state index in [1.807, 2.05) is 0 Å². The maximum absolute atomic E-state index is 12.2. The molecule has 0 atom stereocenters. The minimum Gasteiger partial charge on any atom is -0.484 e. The van der Waals surface area contributed by atoms with Gasteiger partial charge in [-0.05, 0) is 45.8 Å². The molecule has 124 valence electrons. The third-order valence-corrected chi connectivity index (χ3v) is 4.76. The molecule has 23 heavy (non-hydrogen) atoms. The van der Waals surface area contributed by atoms with Gasteiger partial charge in [0.15, 0.2) is 21.5 Å². The van der Waals surface area contributed by atoms with Gasteiger partial charge < -0.3 is 4.74 Å². The minimum atomic E-state index is -4.42. The number of hydrogen-bond acceptors (Lipinski definition) is 4. The van der Waals surface area contributed by atoms with E-state index < -0.39 is 22.6 Å². The first-order valence-electron chi connectivity index (χ1n) is 6.28. The Balaban J connectivity index is 2.07. The van der Waals surface area contributed by atoms with E-state index >= 15 is 0 Å². The van der Waals surface area contributed by atoms with Gasteiger partial charge in [0.2, 0.25) is 0 Å². The molecule has 0 fully saturated rings. The Hall–Kier alpha value is -1.61. The van der Waals surface area contributed by atoms with Crippen molar-refractivity contribution in [2.45, 2.75) is 17.0 Å². The lowest BCUT2D eigenvalue weighted by molar-refractivity contribution is -0.153. The van der Waals surface area contributed by atoms with Gasteiger partial charge >= 0.3 is 6.18 Å². The Morgan fingerprint density at radius 3 is 2.26 bits per heavy atom. The van der Waals surface area contributed by atoms with E-state index in [1.54, 1.807) is 6.07 Å². The van der Waals surface area contributed by atoms with E-state index in [0.717, 1.165) is 0 Å². The number of nitrogens with zero attached hydrogens (tertiary/aromatic N) is 1. The van der Waals surface area contributed by atoms with E-state index in [0.29, 0.717) is 10.0 Å². The number of aromatic nitrogens is 1. The maximum atomic E-state index is 12.2. The van der Waals surface area contributed by atoms with Crippen LogP contribution in [-0.4, -0.2) is 26.2 Å². The molecule has 1 aromatic heterocycles. The van der Waals surface area contributed by atoms with Crippen molar-refractivity contribution >= 4 is 25.8 Å². The van der Waals surface area contributed by atoms with Gasteiger partial charge in [0.25, 0.3) is 0 Å². The summed E-state index contributed by atoms with van der Waals surface area (Å²) < 4.78 is 65.7. The van der Waals surface area contributed by atoms with E-state index in [-0.39, 0.29) is 16.5 Å². The second kappa shape index (κ2) is 6.88. The number of sulfone groups is 1. The average molecular weight is 410 g/mol. The third-order valence-electron chi connectivity index (χ3n) is 2.70. The van der Waals surface area contributed by atoms with Crippen LogP contribution in [0.4, 0.5) is 13.2 Å². The summed E-state index contributed by atoms with van der Waals surface area (Å²) in [5.74, 6) is -0.286. The summed E-state index contributed by atoms with van der Waals surface area (Å²) in [7, 11) is -3.63. The standard InChI is InChI=1S/C14H11BrF3NO3S/c15-11-3-6-13(19-7-11)23(20,21)8-10-1-4-12(5-2-10)22-9-14(16,17)18/h1-7H,8-9H2. The number of alkyl halides is 3. The molecular formula is C14H11BrF3NO3S. The van der Waals surface area contributed by atoms with Gasteiger partial charge in [-0.2, -0.15) is 13.2 Å². The Bertz CT molecular complexity index is 759. The van der Waals surface area contributed by atoms with E-state index in [9.17, 15) is 21.6 Å². The minimum absolute atomic E-state index is 0.0187. The summed E-state index contributed by atoms with van der Waals surface area (Å²) in [6, 6.07) is 8.34. The number of benzene rings is 1. The fourth-order valence-corrected chi connectivity index (χ4v) is 3.19. The topological polar surface area (TPSA) is 56.3 Å². The van der Waals surface area contributed by atoms with Crippen LogP contribution in [0.2, 0.25) is 0 Å². The van der Waals surface area contributed by atoms with Gasteiger partial charge in [-0.3, -0.25) is 0 Å². The van der Waals surface area contributed by atoms with Crippen molar-refractivity contribution in [2.24, 2.45) is 0 Å². The van der Waals surface area contributed by atoms with Crippen LogP contribution in [0.25, 0.3) is 0 Å². The molecule has 0 radical (unpaired) electrons. The highest BCUT2D eigenvalue weighted by atomic mass is 79.9. The highest BCUT2D eigenvalue weighted by molar-refractivity contribution is 9.10. The molecule has 1 heterocycles. The predicted octanol–water partition coefficient (Wildman–Crippen LogP) is 3.76. The second-order valence-electron chi connectivity index (χ2n) is 4.62. The van der Waals surface area contributed by atoms with Crippen molar-refractivity contribution in [3.8, 4) is 5.75 Å². The first-order valence-corrected chi connectivity index (χ1v) is 8.73. The lowest BCUT2D eigenvalue weighted by Gasteiger charge is -2.09. The summed E-state index contributed by atoms with van der Waals surface area (Å²) >= 11 is 3.16. The fourth-order valence-electron chi connectivity index (χ4n) is 1.69. The molecule has 0 aliphatic rings. The number of hydrogen-bond donors (Lipinski definition) is 0. The van der Waals surface area contributed by atoms with Gasteiger partial charge in [-0.25, -0.2) is 13.4 Å². The van der Waals surface area contributed by atoms with Crippen molar-refractivity contribution in [1.82, 2.24) is 4.98 Å². The summed E-state index contributed by atoms with van der Waals surface area (Å²) in [6.07, 6.45) is -3.05. The molecule has 0 unspecified atom stereocenters. The fraction of sp³-hybridized carbons (Fsp3) is 0.214. The van der Waals surface area contributed by atoms with Gasteiger partial charge in [0, 0.05) is 10.7 Å². The van der Waals surface area contributed by atoms with Crippen LogP contribution in [0, 0.1) is 0 Å². The van der Waals surface area contributed by atoms with Gasteiger partial charge in [0.1, 0.15) is 5.75 Å². The molecule has 0 bridgehead atoms. The summed E-state index contributed by atoms with van der Waals surface area (Å²) in [6.45, 7) is -1.40. The lowest BCUT2D eigenvalue weighted by Crippen LogP contribution is -2.19. The van der Waals surface area contributed by atoms with Gasteiger partial charge in [-0.15, -0.1) is 0 Å². The van der Waals surface area contributed by atoms with Crippen molar-refractivity contribution in [1.29, 1.82) is 0 Å². The van der Waals surface area contributed by atoms with Crippen LogP contribution in [0.15, 0.2) is 52.1 Å². The molecular weight excluding hydrogens is 399 g/mol. The van der Waals surface area contributed by atoms with Crippen molar-refractivity contribution < 1.29 is 26.3 Å². The summed E-state index contributed by atoms with van der Waals surface area (Å²) in [5, 5.41) is -0.0712. The Morgan fingerprint density at radius 1 is 1.09 bits per heavy atom.